The third kappa shape index (κ3) is 2.19. The molecule has 4 rings (SSSR count). The molecular formula is C11H11N5O2S3. The van der Waals surface area contributed by atoms with Crippen LogP contribution in [0, 0.1) is 0 Å². The normalized spacial score (nSPS) is 15.6. The molecule has 0 aromatic carbocycles. The van der Waals surface area contributed by atoms with Gasteiger partial charge in [0.05, 0.1) is 5.69 Å². The van der Waals surface area contributed by atoms with E-state index in [1.54, 1.807) is 11.6 Å². The molecule has 3 aromatic rings. The summed E-state index contributed by atoms with van der Waals surface area (Å²) in [6.07, 6.45) is 3.89. The number of sulfonamides is 1. The van der Waals surface area contributed by atoms with Gasteiger partial charge in [-0.1, -0.05) is 0 Å². The van der Waals surface area contributed by atoms with Gasteiger partial charge in [-0.25, -0.2) is 9.97 Å². The summed E-state index contributed by atoms with van der Waals surface area (Å²) in [6, 6.07) is 0. The predicted octanol–water partition coefficient (Wildman–Crippen LogP) is 2.11. The molecule has 1 aliphatic carbocycles. The molecule has 3 N–H and O–H groups in total. The highest BCUT2D eigenvalue weighted by Crippen LogP contribution is 2.41. The van der Waals surface area contributed by atoms with Crippen molar-refractivity contribution in [1.82, 2.24) is 14.4 Å². The second kappa shape index (κ2) is 4.42. The number of imidazole rings is 1. The largest absolute Gasteiger partial charge is 0.381 e. The van der Waals surface area contributed by atoms with Crippen molar-refractivity contribution >= 4 is 48.6 Å². The molecule has 0 bridgehead atoms. The van der Waals surface area contributed by atoms with Crippen molar-refractivity contribution < 1.29 is 8.42 Å². The fourth-order valence-corrected chi connectivity index (χ4v) is 5.15. The number of fused-ring (bicyclic) bond motifs is 1. The maximum Gasteiger partial charge on any atom is 0.283 e. The van der Waals surface area contributed by atoms with Gasteiger partial charge >= 0.3 is 0 Å². The molecule has 0 aliphatic heterocycles. The number of rotatable bonds is 4. The monoisotopic (exact) mass is 341 g/mol. The molecule has 0 amide bonds. The Labute approximate surface area is 128 Å². The molecule has 1 saturated carbocycles. The SMILES string of the molecule is Nc1nc2sccn2c1S(=O)(=O)Nc1nc(C2CC2)cs1. The van der Waals surface area contributed by atoms with Gasteiger partial charge in [0.2, 0.25) is 5.03 Å². The van der Waals surface area contributed by atoms with Crippen molar-refractivity contribution in [3.8, 4) is 0 Å². The first kappa shape index (κ1) is 13.0. The number of aromatic nitrogens is 3. The molecule has 10 heteroatoms. The topological polar surface area (TPSA) is 102 Å². The number of nitrogen functional groups attached to an aromatic ring is 1. The van der Waals surface area contributed by atoms with E-state index < -0.39 is 10.0 Å². The second-order valence-electron chi connectivity index (χ2n) is 4.82. The van der Waals surface area contributed by atoms with E-state index in [9.17, 15) is 8.42 Å². The number of anilines is 2. The molecule has 0 saturated heterocycles. The summed E-state index contributed by atoms with van der Waals surface area (Å²) >= 11 is 2.61. The molecule has 1 fully saturated rings. The van der Waals surface area contributed by atoms with Gasteiger partial charge in [-0.15, -0.1) is 22.7 Å². The van der Waals surface area contributed by atoms with E-state index in [4.69, 9.17) is 5.73 Å². The highest BCUT2D eigenvalue weighted by molar-refractivity contribution is 7.93. The maximum atomic E-state index is 12.5. The Balaban J connectivity index is 1.71. The molecule has 21 heavy (non-hydrogen) atoms. The number of nitrogens with one attached hydrogen (secondary N) is 1. The van der Waals surface area contributed by atoms with Crippen LogP contribution in [0.2, 0.25) is 0 Å². The van der Waals surface area contributed by atoms with Crippen molar-refractivity contribution in [1.29, 1.82) is 0 Å². The van der Waals surface area contributed by atoms with E-state index in [1.807, 2.05) is 5.38 Å². The zero-order valence-electron chi connectivity index (χ0n) is 10.7. The van der Waals surface area contributed by atoms with Crippen LogP contribution >= 0.6 is 22.7 Å². The van der Waals surface area contributed by atoms with Crippen molar-refractivity contribution in [3.05, 3.63) is 22.7 Å². The molecule has 3 heterocycles. The molecule has 0 unspecified atom stereocenters. The molecular weight excluding hydrogens is 330 g/mol. The Hall–Kier alpha value is -1.65. The fraction of sp³-hybridized carbons (Fsp3) is 0.273. The van der Waals surface area contributed by atoms with Crippen LogP contribution in [-0.4, -0.2) is 22.8 Å². The minimum absolute atomic E-state index is 0.00618. The zero-order valence-corrected chi connectivity index (χ0v) is 13.1. The lowest BCUT2D eigenvalue weighted by Gasteiger charge is -2.04. The Morgan fingerprint density at radius 2 is 2.14 bits per heavy atom. The average Bonchev–Trinajstić information content (AvgIpc) is 2.84. The van der Waals surface area contributed by atoms with Gasteiger partial charge < -0.3 is 5.73 Å². The molecule has 1 aliphatic rings. The quantitative estimate of drug-likeness (QED) is 0.756. The van der Waals surface area contributed by atoms with Crippen molar-refractivity contribution in [3.63, 3.8) is 0 Å². The lowest BCUT2D eigenvalue weighted by Crippen LogP contribution is -2.16. The first-order valence-electron chi connectivity index (χ1n) is 6.24. The Kier molecular flexibility index (Phi) is 2.75. The molecule has 0 atom stereocenters. The third-order valence-corrected chi connectivity index (χ3v) is 6.28. The van der Waals surface area contributed by atoms with Crippen LogP contribution in [0.1, 0.15) is 24.5 Å². The number of nitrogens with zero attached hydrogens (tertiary/aromatic N) is 3. The summed E-state index contributed by atoms with van der Waals surface area (Å²) in [6.45, 7) is 0. The van der Waals surface area contributed by atoms with E-state index >= 15 is 0 Å². The zero-order chi connectivity index (χ0) is 14.6. The highest BCUT2D eigenvalue weighted by atomic mass is 32.2. The van der Waals surface area contributed by atoms with Crippen LogP contribution in [0.15, 0.2) is 22.0 Å². The van der Waals surface area contributed by atoms with E-state index in [0.29, 0.717) is 16.0 Å². The number of thiazole rings is 2. The van der Waals surface area contributed by atoms with Gasteiger partial charge in [0, 0.05) is 22.9 Å². The number of nitrogens with two attached hydrogens (primary N) is 1. The highest BCUT2D eigenvalue weighted by Gasteiger charge is 2.28. The van der Waals surface area contributed by atoms with E-state index in [-0.39, 0.29) is 10.8 Å². The molecule has 7 nitrogen and oxygen atoms in total. The van der Waals surface area contributed by atoms with Gasteiger partial charge in [-0.2, -0.15) is 8.42 Å². The van der Waals surface area contributed by atoms with Crippen molar-refractivity contribution in [2.45, 2.75) is 23.8 Å². The predicted molar refractivity (Wildman–Crippen MR) is 82.4 cm³/mol. The lowest BCUT2D eigenvalue weighted by molar-refractivity contribution is 0.597. The van der Waals surface area contributed by atoms with Crippen LogP contribution < -0.4 is 10.5 Å². The lowest BCUT2D eigenvalue weighted by atomic mass is 10.3. The van der Waals surface area contributed by atoms with Gasteiger partial charge in [0.1, 0.15) is 0 Å². The molecule has 0 radical (unpaired) electrons. The molecule has 3 aromatic heterocycles. The average molecular weight is 341 g/mol. The van der Waals surface area contributed by atoms with Crippen LogP contribution in [0.4, 0.5) is 10.9 Å². The molecule has 110 valence electrons. The Morgan fingerprint density at radius 3 is 2.90 bits per heavy atom. The van der Waals surface area contributed by atoms with Crippen LogP contribution in [0.3, 0.4) is 0 Å². The third-order valence-electron chi connectivity index (χ3n) is 3.24. The Bertz CT molecular complexity index is 919. The van der Waals surface area contributed by atoms with E-state index in [2.05, 4.69) is 14.7 Å². The summed E-state index contributed by atoms with van der Waals surface area (Å²) in [5.74, 6) is 0.483. The number of hydrogen-bond acceptors (Lipinski definition) is 7. The first-order valence-corrected chi connectivity index (χ1v) is 9.48. The van der Waals surface area contributed by atoms with Gasteiger partial charge in [-0.05, 0) is 12.8 Å². The van der Waals surface area contributed by atoms with E-state index in [0.717, 1.165) is 18.5 Å². The minimum Gasteiger partial charge on any atom is -0.381 e. The summed E-state index contributed by atoms with van der Waals surface area (Å²) in [7, 11) is -3.81. The van der Waals surface area contributed by atoms with Gasteiger partial charge in [0.15, 0.2) is 15.9 Å². The fourth-order valence-electron chi connectivity index (χ4n) is 2.11. The maximum absolute atomic E-state index is 12.5. The van der Waals surface area contributed by atoms with Crippen molar-refractivity contribution in [2.24, 2.45) is 0 Å². The van der Waals surface area contributed by atoms with Gasteiger partial charge in [0.25, 0.3) is 10.0 Å². The number of hydrogen-bond donors (Lipinski definition) is 2. The van der Waals surface area contributed by atoms with Crippen LogP contribution in [0.25, 0.3) is 4.96 Å². The first-order chi connectivity index (χ1) is 10.0. The summed E-state index contributed by atoms with van der Waals surface area (Å²) in [5, 5.41) is 3.98. The molecule has 0 spiro atoms. The smallest absolute Gasteiger partial charge is 0.283 e. The van der Waals surface area contributed by atoms with Crippen molar-refractivity contribution in [2.75, 3.05) is 10.5 Å². The second-order valence-corrected chi connectivity index (χ2v) is 8.14. The summed E-state index contributed by atoms with van der Waals surface area (Å²) in [4.78, 5) is 8.92. The standard InChI is InChI=1S/C11H11N5O2S3/c12-8-9(16-3-4-19-11(16)14-8)21(17,18)15-10-13-7(5-20-10)6-1-2-6/h3-6H,1-2,12H2,(H,13,15). The van der Waals surface area contributed by atoms with Crippen LogP contribution in [0.5, 0.6) is 0 Å². The minimum atomic E-state index is -3.81. The van der Waals surface area contributed by atoms with Gasteiger partial charge in [-0.3, -0.25) is 9.12 Å². The van der Waals surface area contributed by atoms with E-state index in [1.165, 1.54) is 27.1 Å². The summed E-state index contributed by atoms with van der Waals surface area (Å²) < 4.78 is 29.0. The summed E-state index contributed by atoms with van der Waals surface area (Å²) in [5.41, 5.74) is 6.70. The Morgan fingerprint density at radius 1 is 1.33 bits per heavy atom. The van der Waals surface area contributed by atoms with Crippen LogP contribution in [-0.2, 0) is 10.0 Å².